The van der Waals surface area contributed by atoms with Gasteiger partial charge in [-0.3, -0.25) is 0 Å². The molecular weight excluding hydrogens is 100 g/mol. The first-order valence-corrected chi connectivity index (χ1v) is 2.69. The standard InChI is InChI=1S/C7H12O/c1-4-5-8-6-7(2)3/h1H,2,4-6H2,3H3. The average molecular weight is 112 g/mol. The van der Waals surface area contributed by atoms with E-state index in [1.165, 1.54) is 0 Å². The van der Waals surface area contributed by atoms with E-state index in [4.69, 9.17) is 11.7 Å². The highest BCUT2D eigenvalue weighted by Crippen LogP contribution is 1.88. The van der Waals surface area contributed by atoms with E-state index in [2.05, 4.69) is 6.58 Å². The van der Waals surface area contributed by atoms with E-state index in [0.717, 1.165) is 5.57 Å². The molecule has 0 N–H and O–H groups in total. The zero-order valence-corrected chi connectivity index (χ0v) is 5.31. The van der Waals surface area contributed by atoms with Gasteiger partial charge in [0.15, 0.2) is 0 Å². The van der Waals surface area contributed by atoms with E-state index in [9.17, 15) is 0 Å². The van der Waals surface area contributed by atoms with Crippen LogP contribution in [0.2, 0.25) is 0 Å². The van der Waals surface area contributed by atoms with Gasteiger partial charge < -0.3 is 4.74 Å². The maximum absolute atomic E-state index is 5.16. The quantitative estimate of drug-likeness (QED) is 0.397. The van der Waals surface area contributed by atoms with E-state index in [1.54, 1.807) is 0 Å². The van der Waals surface area contributed by atoms with Gasteiger partial charge in [0.1, 0.15) is 0 Å². The predicted molar refractivity (Wildman–Crippen MR) is 34.5 cm³/mol. The molecule has 0 aliphatic carbocycles. The molecule has 0 aliphatic heterocycles. The van der Waals surface area contributed by atoms with Gasteiger partial charge in [-0.05, 0) is 20.3 Å². The van der Waals surface area contributed by atoms with Crippen LogP contribution in [0.15, 0.2) is 12.2 Å². The van der Waals surface area contributed by atoms with Crippen molar-refractivity contribution >= 4 is 0 Å². The molecule has 46 valence electrons. The van der Waals surface area contributed by atoms with Gasteiger partial charge in [-0.15, -0.1) is 0 Å². The number of ether oxygens (including phenoxy) is 1. The lowest BCUT2D eigenvalue weighted by Crippen LogP contribution is -1.94. The lowest BCUT2D eigenvalue weighted by atomic mass is 10.4. The molecule has 0 aliphatic rings. The predicted octanol–water partition coefficient (Wildman–Crippen LogP) is 1.68. The van der Waals surface area contributed by atoms with Crippen LogP contribution in [-0.2, 0) is 4.74 Å². The summed E-state index contributed by atoms with van der Waals surface area (Å²) in [5.41, 5.74) is 1.04. The zero-order valence-electron chi connectivity index (χ0n) is 5.31. The lowest BCUT2D eigenvalue weighted by molar-refractivity contribution is 0.161. The summed E-state index contributed by atoms with van der Waals surface area (Å²) in [5.74, 6) is 0. The number of hydrogen-bond acceptors (Lipinski definition) is 1. The second-order valence-corrected chi connectivity index (χ2v) is 1.80. The fourth-order valence-corrected chi connectivity index (χ4v) is 0.330. The maximum atomic E-state index is 5.16. The molecule has 0 saturated heterocycles. The van der Waals surface area contributed by atoms with Gasteiger partial charge in [0.05, 0.1) is 6.61 Å². The normalized spacial score (nSPS) is 9.25. The third kappa shape index (κ3) is 5.70. The van der Waals surface area contributed by atoms with Crippen LogP contribution < -0.4 is 0 Å². The third-order valence-corrected chi connectivity index (χ3v) is 0.611. The van der Waals surface area contributed by atoms with Crippen molar-refractivity contribution in [2.24, 2.45) is 0 Å². The smallest absolute Gasteiger partial charge is 0.0671 e. The van der Waals surface area contributed by atoms with E-state index >= 15 is 0 Å². The fourth-order valence-electron chi connectivity index (χ4n) is 0.330. The summed E-state index contributed by atoms with van der Waals surface area (Å²) >= 11 is 0. The first kappa shape index (κ1) is 7.70. The Morgan fingerprint density at radius 2 is 2.38 bits per heavy atom. The second kappa shape index (κ2) is 4.85. The van der Waals surface area contributed by atoms with Crippen molar-refractivity contribution in [1.82, 2.24) is 0 Å². The molecule has 0 aromatic rings. The molecule has 0 aromatic heterocycles. The van der Waals surface area contributed by atoms with Crippen LogP contribution in [0.4, 0.5) is 0 Å². The zero-order chi connectivity index (χ0) is 6.41. The van der Waals surface area contributed by atoms with Gasteiger partial charge in [0, 0.05) is 6.61 Å². The van der Waals surface area contributed by atoms with Crippen LogP contribution in [0, 0.1) is 6.92 Å². The first-order valence-electron chi connectivity index (χ1n) is 2.69. The monoisotopic (exact) mass is 112 g/mol. The van der Waals surface area contributed by atoms with Gasteiger partial charge in [-0.1, -0.05) is 12.2 Å². The minimum absolute atomic E-state index is 0.591. The number of rotatable bonds is 4. The van der Waals surface area contributed by atoms with Gasteiger partial charge in [-0.2, -0.15) is 0 Å². The molecule has 0 spiro atoms. The van der Waals surface area contributed by atoms with Crippen LogP contribution in [0.1, 0.15) is 13.3 Å². The summed E-state index contributed by atoms with van der Waals surface area (Å²) in [6.07, 6.45) is 0.591. The Morgan fingerprint density at radius 3 is 2.75 bits per heavy atom. The maximum Gasteiger partial charge on any atom is 0.0671 e. The molecule has 0 atom stereocenters. The molecule has 1 heteroatoms. The average Bonchev–Trinajstić information content (AvgIpc) is 1.66. The Labute approximate surface area is 51.4 Å². The summed E-state index contributed by atoms with van der Waals surface area (Å²) < 4.78 is 5.02. The highest BCUT2D eigenvalue weighted by atomic mass is 16.5. The molecule has 0 aromatic carbocycles. The van der Waals surface area contributed by atoms with Crippen LogP contribution in [0.3, 0.4) is 0 Å². The van der Waals surface area contributed by atoms with E-state index in [0.29, 0.717) is 19.6 Å². The van der Waals surface area contributed by atoms with Crippen molar-refractivity contribution in [3.8, 4) is 0 Å². The minimum Gasteiger partial charge on any atom is -0.377 e. The SMILES string of the molecule is [CH]CCOCC(=C)C. The fraction of sp³-hybridized carbons (Fsp3) is 0.571. The minimum atomic E-state index is 0.591. The van der Waals surface area contributed by atoms with Crippen molar-refractivity contribution in [1.29, 1.82) is 0 Å². The molecule has 8 heavy (non-hydrogen) atoms. The van der Waals surface area contributed by atoms with Crippen molar-refractivity contribution in [3.05, 3.63) is 19.1 Å². The van der Waals surface area contributed by atoms with E-state index in [-0.39, 0.29) is 0 Å². The summed E-state index contributed by atoms with van der Waals surface area (Å²) in [5, 5.41) is 0. The second-order valence-electron chi connectivity index (χ2n) is 1.80. The number of hydrogen-bond donors (Lipinski definition) is 0. The molecular formula is C7H12O. The first-order chi connectivity index (χ1) is 3.77. The Kier molecular flexibility index (Phi) is 4.67. The Bertz CT molecular complexity index is 66.8. The van der Waals surface area contributed by atoms with Gasteiger partial charge in [0.25, 0.3) is 0 Å². The van der Waals surface area contributed by atoms with Crippen molar-refractivity contribution in [2.75, 3.05) is 13.2 Å². The topological polar surface area (TPSA) is 9.23 Å². The lowest BCUT2D eigenvalue weighted by Gasteiger charge is -1.98. The highest BCUT2D eigenvalue weighted by molar-refractivity contribution is 4.87. The molecule has 1 nitrogen and oxygen atoms in total. The molecule has 0 rings (SSSR count). The highest BCUT2D eigenvalue weighted by Gasteiger charge is 1.83. The largest absolute Gasteiger partial charge is 0.377 e. The van der Waals surface area contributed by atoms with Crippen LogP contribution in [-0.4, -0.2) is 13.2 Å². The van der Waals surface area contributed by atoms with Crippen molar-refractivity contribution in [2.45, 2.75) is 13.3 Å². The third-order valence-electron chi connectivity index (χ3n) is 0.611. The van der Waals surface area contributed by atoms with Crippen molar-refractivity contribution in [3.63, 3.8) is 0 Å². The van der Waals surface area contributed by atoms with Gasteiger partial charge in [0.2, 0.25) is 0 Å². The van der Waals surface area contributed by atoms with E-state index in [1.807, 2.05) is 6.92 Å². The van der Waals surface area contributed by atoms with Crippen molar-refractivity contribution < 1.29 is 4.74 Å². The molecule has 0 amide bonds. The van der Waals surface area contributed by atoms with Crippen LogP contribution in [0.25, 0.3) is 0 Å². The van der Waals surface area contributed by atoms with Gasteiger partial charge in [-0.25, -0.2) is 0 Å². The Balaban J connectivity index is 2.82. The molecule has 0 heterocycles. The van der Waals surface area contributed by atoms with Crippen LogP contribution in [0.5, 0.6) is 0 Å². The molecule has 2 radical (unpaired) electrons. The summed E-state index contributed by atoms with van der Waals surface area (Å²) in [7, 11) is 0. The molecule has 0 fully saturated rings. The van der Waals surface area contributed by atoms with E-state index < -0.39 is 0 Å². The summed E-state index contributed by atoms with van der Waals surface area (Å²) in [4.78, 5) is 0. The van der Waals surface area contributed by atoms with Gasteiger partial charge >= 0.3 is 0 Å². The summed E-state index contributed by atoms with van der Waals surface area (Å²) in [6.45, 7) is 12.0. The summed E-state index contributed by atoms with van der Waals surface area (Å²) in [6, 6.07) is 0. The molecule has 0 saturated carbocycles. The van der Waals surface area contributed by atoms with Crippen LogP contribution >= 0.6 is 0 Å². The molecule has 0 bridgehead atoms. The Hall–Kier alpha value is -0.300. The Morgan fingerprint density at radius 1 is 1.75 bits per heavy atom. The molecule has 0 unspecified atom stereocenters.